The van der Waals surface area contributed by atoms with E-state index in [4.69, 9.17) is 0 Å². The number of piperidine rings is 1. The molecule has 2 heterocycles. The van der Waals surface area contributed by atoms with E-state index in [-0.39, 0.29) is 0 Å². The molecule has 1 aliphatic heterocycles. The summed E-state index contributed by atoms with van der Waals surface area (Å²) in [5.41, 5.74) is 1.20. The first-order valence-corrected chi connectivity index (χ1v) is 5.47. The summed E-state index contributed by atoms with van der Waals surface area (Å²) < 4.78 is 0. The van der Waals surface area contributed by atoms with Crippen molar-refractivity contribution < 1.29 is 4.79 Å². The minimum absolute atomic E-state index is 0.578. The fraction of sp³-hybridized carbons (Fsp3) is 0.500. The first-order chi connectivity index (χ1) is 7.40. The standard InChI is InChI=1S/C12H16N2O/c15-10-9-14-7-4-11(5-8-14)12-3-1-2-6-13-12/h1-3,6,10-11H,4-5,7-9H2. The van der Waals surface area contributed by atoms with Crippen molar-refractivity contribution in [1.29, 1.82) is 0 Å². The van der Waals surface area contributed by atoms with E-state index < -0.39 is 0 Å². The minimum atomic E-state index is 0.578. The van der Waals surface area contributed by atoms with Crippen LogP contribution in [0.3, 0.4) is 0 Å². The van der Waals surface area contributed by atoms with E-state index in [0.717, 1.165) is 32.2 Å². The number of hydrogen-bond acceptors (Lipinski definition) is 3. The van der Waals surface area contributed by atoms with Gasteiger partial charge in [-0.3, -0.25) is 9.88 Å². The molecule has 3 nitrogen and oxygen atoms in total. The van der Waals surface area contributed by atoms with Gasteiger partial charge in [0, 0.05) is 17.8 Å². The summed E-state index contributed by atoms with van der Waals surface area (Å²) >= 11 is 0. The summed E-state index contributed by atoms with van der Waals surface area (Å²) in [5, 5.41) is 0. The molecule has 0 aliphatic carbocycles. The van der Waals surface area contributed by atoms with Gasteiger partial charge < -0.3 is 4.79 Å². The second-order valence-corrected chi connectivity index (χ2v) is 4.00. The number of pyridine rings is 1. The van der Waals surface area contributed by atoms with E-state index in [9.17, 15) is 4.79 Å². The average molecular weight is 204 g/mol. The lowest BCUT2D eigenvalue weighted by Crippen LogP contribution is -2.34. The van der Waals surface area contributed by atoms with E-state index in [0.29, 0.717) is 12.5 Å². The van der Waals surface area contributed by atoms with Gasteiger partial charge in [-0.25, -0.2) is 0 Å². The van der Waals surface area contributed by atoms with Gasteiger partial charge in [-0.2, -0.15) is 0 Å². The fourth-order valence-corrected chi connectivity index (χ4v) is 2.13. The average Bonchev–Trinajstić information content (AvgIpc) is 2.32. The van der Waals surface area contributed by atoms with Gasteiger partial charge >= 0.3 is 0 Å². The predicted molar refractivity (Wildman–Crippen MR) is 58.7 cm³/mol. The van der Waals surface area contributed by atoms with Crippen molar-refractivity contribution in [2.75, 3.05) is 19.6 Å². The van der Waals surface area contributed by atoms with E-state index >= 15 is 0 Å². The molecular formula is C12H16N2O. The summed E-state index contributed by atoms with van der Waals surface area (Å²) in [6.45, 7) is 2.61. The lowest BCUT2D eigenvalue weighted by atomic mass is 9.93. The molecule has 0 unspecified atom stereocenters. The molecule has 2 rings (SSSR count). The van der Waals surface area contributed by atoms with Crippen LogP contribution >= 0.6 is 0 Å². The Labute approximate surface area is 90.1 Å². The summed E-state index contributed by atoms with van der Waals surface area (Å²) in [7, 11) is 0. The largest absolute Gasteiger partial charge is 0.302 e. The highest BCUT2D eigenvalue weighted by Gasteiger charge is 2.20. The minimum Gasteiger partial charge on any atom is -0.302 e. The first kappa shape index (κ1) is 10.3. The maximum Gasteiger partial charge on any atom is 0.133 e. The maximum atomic E-state index is 10.4. The third-order valence-corrected chi connectivity index (χ3v) is 3.03. The highest BCUT2D eigenvalue weighted by Crippen LogP contribution is 2.25. The monoisotopic (exact) mass is 204 g/mol. The van der Waals surface area contributed by atoms with Gasteiger partial charge in [0.1, 0.15) is 6.29 Å². The third-order valence-electron chi connectivity index (χ3n) is 3.03. The van der Waals surface area contributed by atoms with Crippen molar-refractivity contribution >= 4 is 6.29 Å². The van der Waals surface area contributed by atoms with Crippen molar-refractivity contribution in [3.63, 3.8) is 0 Å². The van der Waals surface area contributed by atoms with Crippen LogP contribution in [0.15, 0.2) is 24.4 Å². The SMILES string of the molecule is O=CCN1CCC(c2ccccn2)CC1. The topological polar surface area (TPSA) is 33.2 Å². The number of nitrogens with zero attached hydrogens (tertiary/aromatic N) is 2. The predicted octanol–water partition coefficient (Wildman–Crippen LogP) is 1.46. The third kappa shape index (κ3) is 2.63. The van der Waals surface area contributed by atoms with E-state index in [1.54, 1.807) is 0 Å². The smallest absolute Gasteiger partial charge is 0.133 e. The fourth-order valence-electron chi connectivity index (χ4n) is 2.13. The Morgan fingerprint density at radius 1 is 1.40 bits per heavy atom. The number of carbonyl (C=O) groups excluding carboxylic acids is 1. The summed E-state index contributed by atoms with van der Waals surface area (Å²) in [4.78, 5) is 17.0. The quantitative estimate of drug-likeness (QED) is 0.699. The van der Waals surface area contributed by atoms with E-state index in [2.05, 4.69) is 16.0 Å². The molecule has 0 radical (unpaired) electrons. The van der Waals surface area contributed by atoms with Gasteiger partial charge in [0.2, 0.25) is 0 Å². The van der Waals surface area contributed by atoms with Crippen LogP contribution in [0.5, 0.6) is 0 Å². The van der Waals surface area contributed by atoms with Crippen LogP contribution in [0.2, 0.25) is 0 Å². The van der Waals surface area contributed by atoms with Crippen molar-refractivity contribution in [2.45, 2.75) is 18.8 Å². The summed E-state index contributed by atoms with van der Waals surface area (Å²) in [6.07, 6.45) is 5.07. The van der Waals surface area contributed by atoms with Crippen LogP contribution < -0.4 is 0 Å². The van der Waals surface area contributed by atoms with Gasteiger partial charge in [0.15, 0.2) is 0 Å². The Hall–Kier alpha value is -1.22. The number of hydrogen-bond donors (Lipinski definition) is 0. The normalized spacial score (nSPS) is 18.9. The molecule has 1 aromatic heterocycles. The van der Waals surface area contributed by atoms with Crippen LogP contribution in [0, 0.1) is 0 Å². The zero-order chi connectivity index (χ0) is 10.5. The molecule has 1 aromatic rings. The highest BCUT2D eigenvalue weighted by atomic mass is 16.1. The molecule has 0 spiro atoms. The molecular weight excluding hydrogens is 188 g/mol. The van der Waals surface area contributed by atoms with Crippen LogP contribution in [-0.2, 0) is 4.79 Å². The van der Waals surface area contributed by atoms with Crippen molar-refractivity contribution in [2.24, 2.45) is 0 Å². The van der Waals surface area contributed by atoms with Gasteiger partial charge in [0.05, 0.1) is 6.54 Å². The van der Waals surface area contributed by atoms with Gasteiger partial charge in [-0.1, -0.05) is 6.07 Å². The molecule has 0 N–H and O–H groups in total. The van der Waals surface area contributed by atoms with Crippen LogP contribution in [0.1, 0.15) is 24.5 Å². The molecule has 0 aromatic carbocycles. The second-order valence-electron chi connectivity index (χ2n) is 4.00. The molecule has 0 amide bonds. The molecule has 1 aliphatic rings. The Morgan fingerprint density at radius 3 is 2.80 bits per heavy atom. The van der Waals surface area contributed by atoms with Crippen molar-refractivity contribution in [1.82, 2.24) is 9.88 Å². The highest BCUT2D eigenvalue weighted by molar-refractivity contribution is 5.51. The Morgan fingerprint density at radius 2 is 2.20 bits per heavy atom. The number of carbonyl (C=O) groups is 1. The lowest BCUT2D eigenvalue weighted by Gasteiger charge is -2.30. The summed E-state index contributed by atoms with van der Waals surface area (Å²) in [5.74, 6) is 0.578. The first-order valence-electron chi connectivity index (χ1n) is 5.47. The number of aromatic nitrogens is 1. The molecule has 80 valence electrons. The number of aldehydes is 1. The molecule has 0 saturated carbocycles. The molecule has 1 fully saturated rings. The number of rotatable bonds is 3. The van der Waals surface area contributed by atoms with Gasteiger partial charge in [-0.15, -0.1) is 0 Å². The van der Waals surface area contributed by atoms with Crippen molar-refractivity contribution in [3.05, 3.63) is 30.1 Å². The second kappa shape index (κ2) is 5.03. The van der Waals surface area contributed by atoms with Crippen LogP contribution in [0.25, 0.3) is 0 Å². The lowest BCUT2D eigenvalue weighted by molar-refractivity contribution is -0.109. The zero-order valence-corrected chi connectivity index (χ0v) is 8.80. The molecule has 15 heavy (non-hydrogen) atoms. The summed E-state index contributed by atoms with van der Waals surface area (Å²) in [6, 6.07) is 6.09. The molecule has 0 atom stereocenters. The Balaban J connectivity index is 1.91. The van der Waals surface area contributed by atoms with Crippen LogP contribution in [-0.4, -0.2) is 35.8 Å². The molecule has 3 heteroatoms. The molecule has 1 saturated heterocycles. The van der Waals surface area contributed by atoms with Crippen molar-refractivity contribution in [3.8, 4) is 0 Å². The van der Waals surface area contributed by atoms with E-state index in [1.165, 1.54) is 5.69 Å². The molecule has 0 bridgehead atoms. The zero-order valence-electron chi connectivity index (χ0n) is 8.80. The van der Waals surface area contributed by atoms with Crippen LogP contribution in [0.4, 0.5) is 0 Å². The number of likely N-dealkylation sites (tertiary alicyclic amines) is 1. The van der Waals surface area contributed by atoms with Gasteiger partial charge in [0.25, 0.3) is 0 Å². The Bertz CT molecular complexity index is 305. The van der Waals surface area contributed by atoms with E-state index in [1.807, 2.05) is 18.3 Å². The van der Waals surface area contributed by atoms with Gasteiger partial charge in [-0.05, 0) is 38.1 Å². The Kier molecular flexibility index (Phi) is 3.45. The maximum absolute atomic E-state index is 10.4.